The number of nitrogens with two attached hydrogens (primary N) is 1. The summed E-state index contributed by atoms with van der Waals surface area (Å²) in [4.78, 5) is 26.8. The highest BCUT2D eigenvalue weighted by Crippen LogP contribution is 2.44. The van der Waals surface area contributed by atoms with Gasteiger partial charge in [-0.25, -0.2) is 9.18 Å². The summed E-state index contributed by atoms with van der Waals surface area (Å²) in [7, 11) is 0. The minimum absolute atomic E-state index is 0.180. The standard InChI is InChI=1S/C23H26BrFN2O3/c1-15(16-4-8-18(24)9-5-16)27-13-12-23(30-21(27)29,14-22(2,3)20(26)28)17-6-10-19(25)11-7-17/h4-11,15H,12-14H2,1-3H3,(H2,26,28)/t15-,23+/m0/s1. The molecule has 160 valence electrons. The number of cyclic esters (lactones) is 1. The Hall–Kier alpha value is -2.41. The summed E-state index contributed by atoms with van der Waals surface area (Å²) in [5.41, 5.74) is 5.27. The number of rotatable bonds is 6. The first-order chi connectivity index (χ1) is 14.0. The van der Waals surface area contributed by atoms with Gasteiger partial charge in [0.1, 0.15) is 11.4 Å². The van der Waals surface area contributed by atoms with E-state index in [0.717, 1.165) is 10.0 Å². The SMILES string of the molecule is C[C@@H](c1ccc(Br)cc1)N1CC[C@@](CC(C)(C)C(N)=O)(c2ccc(F)cc2)OC1=O. The molecule has 0 aromatic heterocycles. The molecule has 5 nitrogen and oxygen atoms in total. The summed E-state index contributed by atoms with van der Waals surface area (Å²) in [6.07, 6.45) is 0.205. The smallest absolute Gasteiger partial charge is 0.411 e. The third-order valence-corrected chi connectivity index (χ3v) is 6.39. The van der Waals surface area contributed by atoms with Crippen LogP contribution in [-0.4, -0.2) is 23.4 Å². The minimum atomic E-state index is -1.06. The second-order valence-electron chi connectivity index (χ2n) is 8.46. The number of hydrogen-bond donors (Lipinski definition) is 1. The first-order valence-corrected chi connectivity index (χ1v) is 10.6. The van der Waals surface area contributed by atoms with E-state index in [0.29, 0.717) is 18.5 Å². The molecule has 0 unspecified atom stereocenters. The molecule has 0 saturated carbocycles. The van der Waals surface area contributed by atoms with Crippen LogP contribution >= 0.6 is 15.9 Å². The Balaban J connectivity index is 1.91. The number of halogens is 2. The summed E-state index contributed by atoms with van der Waals surface area (Å²) in [6.45, 7) is 5.83. The van der Waals surface area contributed by atoms with E-state index in [1.807, 2.05) is 31.2 Å². The largest absolute Gasteiger partial charge is 0.438 e. The van der Waals surface area contributed by atoms with Gasteiger partial charge < -0.3 is 15.4 Å². The predicted molar refractivity (Wildman–Crippen MR) is 116 cm³/mol. The number of hydrogen-bond acceptors (Lipinski definition) is 3. The van der Waals surface area contributed by atoms with Crippen molar-refractivity contribution >= 4 is 27.9 Å². The molecule has 30 heavy (non-hydrogen) atoms. The molecule has 2 N–H and O–H groups in total. The number of amides is 2. The van der Waals surface area contributed by atoms with Crippen molar-refractivity contribution in [2.45, 2.75) is 45.3 Å². The molecule has 3 rings (SSSR count). The number of primary amides is 1. The van der Waals surface area contributed by atoms with Gasteiger partial charge in [0.2, 0.25) is 5.91 Å². The minimum Gasteiger partial charge on any atom is -0.438 e. The zero-order valence-electron chi connectivity index (χ0n) is 17.3. The molecular formula is C23H26BrFN2O3. The van der Waals surface area contributed by atoms with Crippen molar-refractivity contribution in [3.05, 3.63) is 69.9 Å². The number of benzene rings is 2. The lowest BCUT2D eigenvalue weighted by atomic mass is 9.74. The van der Waals surface area contributed by atoms with Crippen molar-refractivity contribution in [1.29, 1.82) is 0 Å². The fourth-order valence-corrected chi connectivity index (χ4v) is 4.19. The number of carbonyl (C=O) groups is 2. The van der Waals surface area contributed by atoms with Crippen LogP contribution in [0.2, 0.25) is 0 Å². The normalized spacial score (nSPS) is 20.6. The molecule has 1 aliphatic heterocycles. The van der Waals surface area contributed by atoms with Gasteiger partial charge in [0.25, 0.3) is 0 Å². The highest BCUT2D eigenvalue weighted by molar-refractivity contribution is 9.10. The van der Waals surface area contributed by atoms with Gasteiger partial charge in [-0.05, 0) is 42.3 Å². The van der Waals surface area contributed by atoms with E-state index < -0.39 is 23.0 Å². The Kier molecular flexibility index (Phi) is 6.22. The van der Waals surface area contributed by atoms with Gasteiger partial charge in [0.15, 0.2) is 0 Å². The van der Waals surface area contributed by atoms with Gasteiger partial charge in [-0.2, -0.15) is 0 Å². The second-order valence-corrected chi connectivity index (χ2v) is 9.38. The van der Waals surface area contributed by atoms with Crippen LogP contribution in [0.4, 0.5) is 9.18 Å². The van der Waals surface area contributed by atoms with E-state index in [2.05, 4.69) is 15.9 Å². The lowest BCUT2D eigenvalue weighted by molar-refractivity contribution is -0.133. The fraction of sp³-hybridized carbons (Fsp3) is 0.391. The van der Waals surface area contributed by atoms with Crippen molar-refractivity contribution in [1.82, 2.24) is 4.90 Å². The molecule has 1 fully saturated rings. The lowest BCUT2D eigenvalue weighted by Gasteiger charge is -2.46. The third-order valence-electron chi connectivity index (χ3n) is 5.86. The number of ether oxygens (including phenoxy) is 1. The molecule has 2 aromatic rings. The van der Waals surface area contributed by atoms with Crippen LogP contribution in [0, 0.1) is 11.2 Å². The summed E-state index contributed by atoms with van der Waals surface area (Å²) in [6, 6.07) is 13.5. The Morgan fingerprint density at radius 1 is 1.23 bits per heavy atom. The molecule has 2 atom stereocenters. The zero-order valence-corrected chi connectivity index (χ0v) is 18.9. The molecule has 0 bridgehead atoms. The average molecular weight is 477 g/mol. The van der Waals surface area contributed by atoms with Crippen molar-refractivity contribution in [3.63, 3.8) is 0 Å². The topological polar surface area (TPSA) is 72.6 Å². The lowest BCUT2D eigenvalue weighted by Crippen LogP contribution is -2.51. The molecule has 7 heteroatoms. The third kappa shape index (κ3) is 4.51. The van der Waals surface area contributed by atoms with Crippen LogP contribution in [0.3, 0.4) is 0 Å². The Bertz CT molecular complexity index is 930. The van der Waals surface area contributed by atoms with E-state index in [1.165, 1.54) is 12.1 Å². The molecule has 0 radical (unpaired) electrons. The van der Waals surface area contributed by atoms with E-state index in [9.17, 15) is 14.0 Å². The Morgan fingerprint density at radius 3 is 2.37 bits per heavy atom. The second kappa shape index (κ2) is 8.38. The number of carbonyl (C=O) groups excluding carboxylic acids is 2. The molecule has 0 aliphatic carbocycles. The van der Waals surface area contributed by atoms with Gasteiger partial charge >= 0.3 is 6.09 Å². The van der Waals surface area contributed by atoms with Gasteiger partial charge in [0.05, 0.1) is 6.04 Å². The Morgan fingerprint density at radius 2 is 1.83 bits per heavy atom. The van der Waals surface area contributed by atoms with Crippen LogP contribution in [-0.2, 0) is 15.1 Å². The predicted octanol–water partition coefficient (Wildman–Crippen LogP) is 5.29. The van der Waals surface area contributed by atoms with Crippen LogP contribution < -0.4 is 5.73 Å². The quantitative estimate of drug-likeness (QED) is 0.615. The molecule has 1 heterocycles. The van der Waals surface area contributed by atoms with Crippen molar-refractivity contribution in [3.8, 4) is 0 Å². The highest BCUT2D eigenvalue weighted by atomic mass is 79.9. The first-order valence-electron chi connectivity index (χ1n) is 9.85. The molecule has 0 spiro atoms. The average Bonchev–Trinajstić information content (AvgIpc) is 2.68. The molecular weight excluding hydrogens is 451 g/mol. The molecule has 1 aliphatic rings. The van der Waals surface area contributed by atoms with Gasteiger partial charge in [0, 0.05) is 29.3 Å². The van der Waals surface area contributed by atoms with Gasteiger partial charge in [-0.1, -0.05) is 54.0 Å². The first kappa shape index (κ1) is 22.3. The molecule has 2 aromatic carbocycles. The van der Waals surface area contributed by atoms with E-state index in [-0.39, 0.29) is 18.3 Å². The van der Waals surface area contributed by atoms with Crippen molar-refractivity contribution in [2.24, 2.45) is 11.1 Å². The molecule has 2 amide bonds. The summed E-state index contributed by atoms with van der Waals surface area (Å²) >= 11 is 3.42. The monoisotopic (exact) mass is 476 g/mol. The van der Waals surface area contributed by atoms with E-state index in [1.54, 1.807) is 30.9 Å². The van der Waals surface area contributed by atoms with Gasteiger partial charge in [-0.15, -0.1) is 0 Å². The summed E-state index contributed by atoms with van der Waals surface area (Å²) in [5, 5.41) is 0. The number of nitrogens with zero attached hydrogens (tertiary/aromatic N) is 1. The maximum absolute atomic E-state index is 13.5. The summed E-state index contributed by atoms with van der Waals surface area (Å²) < 4.78 is 20.5. The van der Waals surface area contributed by atoms with Crippen LogP contribution in [0.5, 0.6) is 0 Å². The van der Waals surface area contributed by atoms with Crippen molar-refractivity contribution < 1.29 is 18.7 Å². The fourth-order valence-electron chi connectivity index (χ4n) is 3.93. The summed E-state index contributed by atoms with van der Waals surface area (Å²) in [5.74, 6) is -0.860. The van der Waals surface area contributed by atoms with Crippen molar-refractivity contribution in [2.75, 3.05) is 6.54 Å². The van der Waals surface area contributed by atoms with E-state index >= 15 is 0 Å². The zero-order chi connectivity index (χ0) is 22.1. The Labute approximate surface area is 184 Å². The van der Waals surface area contributed by atoms with Crippen LogP contribution in [0.1, 0.15) is 50.8 Å². The van der Waals surface area contributed by atoms with Crippen LogP contribution in [0.15, 0.2) is 53.0 Å². The molecule has 1 saturated heterocycles. The highest BCUT2D eigenvalue weighted by Gasteiger charge is 2.48. The van der Waals surface area contributed by atoms with Crippen LogP contribution in [0.25, 0.3) is 0 Å². The van der Waals surface area contributed by atoms with Gasteiger partial charge in [-0.3, -0.25) is 4.79 Å². The van der Waals surface area contributed by atoms with E-state index in [4.69, 9.17) is 10.5 Å². The maximum Gasteiger partial charge on any atom is 0.411 e. The maximum atomic E-state index is 13.5.